The Morgan fingerprint density at radius 2 is 1.58 bits per heavy atom. The number of carbonyl (C=O) groups is 2. The van der Waals surface area contributed by atoms with Crippen LogP contribution in [0.25, 0.3) is 0 Å². The van der Waals surface area contributed by atoms with E-state index in [1.54, 1.807) is 0 Å². The van der Waals surface area contributed by atoms with Gasteiger partial charge in [0.2, 0.25) is 11.8 Å². The number of thioether (sulfide) groups is 1. The van der Waals surface area contributed by atoms with Gasteiger partial charge in [0.25, 0.3) is 0 Å². The zero-order chi connectivity index (χ0) is 22.4. The van der Waals surface area contributed by atoms with Crippen molar-refractivity contribution in [2.45, 2.75) is 45.8 Å². The Balaban J connectivity index is 1.57. The van der Waals surface area contributed by atoms with Crippen molar-refractivity contribution in [2.75, 3.05) is 16.4 Å². The highest BCUT2D eigenvalue weighted by Crippen LogP contribution is 2.19. The van der Waals surface area contributed by atoms with E-state index in [4.69, 9.17) is 0 Å². The number of amides is 2. The summed E-state index contributed by atoms with van der Waals surface area (Å²) in [5.74, 6) is 0.511. The van der Waals surface area contributed by atoms with Crippen LogP contribution in [-0.2, 0) is 22.6 Å². The van der Waals surface area contributed by atoms with Gasteiger partial charge in [-0.1, -0.05) is 35.5 Å². The number of nitrogens with zero attached hydrogens (tertiary/aromatic N) is 3. The molecule has 0 aliphatic heterocycles. The maximum absolute atomic E-state index is 12.4. The predicted octanol–water partition coefficient (Wildman–Crippen LogP) is 4.14. The minimum atomic E-state index is -0.157. The summed E-state index contributed by atoms with van der Waals surface area (Å²) in [6.07, 6.45) is 0.115. The first-order chi connectivity index (χ1) is 14.9. The number of aryl methyl sites for hydroxylation is 3. The Labute approximate surface area is 186 Å². The molecule has 8 heteroatoms. The first kappa shape index (κ1) is 22.6. The van der Waals surface area contributed by atoms with E-state index in [1.807, 2.05) is 74.7 Å². The van der Waals surface area contributed by atoms with Crippen molar-refractivity contribution in [3.8, 4) is 0 Å². The molecule has 3 aromatic rings. The molecule has 0 saturated carbocycles. The third-order valence-electron chi connectivity index (χ3n) is 4.89. The molecule has 162 valence electrons. The summed E-state index contributed by atoms with van der Waals surface area (Å²) >= 11 is 1.31. The minimum Gasteiger partial charge on any atom is -0.326 e. The highest BCUT2D eigenvalue weighted by molar-refractivity contribution is 7.99. The molecule has 0 unspecified atom stereocenters. The lowest BCUT2D eigenvalue weighted by atomic mass is 10.1. The predicted molar refractivity (Wildman–Crippen MR) is 124 cm³/mol. The Bertz CT molecular complexity index is 1080. The fourth-order valence-corrected chi connectivity index (χ4v) is 3.83. The summed E-state index contributed by atoms with van der Waals surface area (Å²) in [6.45, 7) is 8.62. The van der Waals surface area contributed by atoms with Crippen LogP contribution in [-0.4, -0.2) is 32.3 Å². The van der Waals surface area contributed by atoms with Crippen LogP contribution in [0.15, 0.2) is 47.6 Å². The quantitative estimate of drug-likeness (QED) is 0.517. The number of carbonyl (C=O) groups excluding carboxylic acids is 2. The summed E-state index contributed by atoms with van der Waals surface area (Å²) in [5, 5.41) is 14.7. The molecule has 0 saturated heterocycles. The van der Waals surface area contributed by atoms with Crippen molar-refractivity contribution in [1.29, 1.82) is 0 Å². The second kappa shape index (κ2) is 10.3. The van der Waals surface area contributed by atoms with Gasteiger partial charge in [-0.25, -0.2) is 0 Å². The van der Waals surface area contributed by atoms with Gasteiger partial charge in [0.05, 0.1) is 12.2 Å². The van der Waals surface area contributed by atoms with Crippen molar-refractivity contribution in [3.05, 3.63) is 65.0 Å². The number of benzene rings is 2. The number of nitrogens with one attached hydrogen (secondary N) is 2. The Morgan fingerprint density at radius 3 is 2.26 bits per heavy atom. The van der Waals surface area contributed by atoms with Gasteiger partial charge in [0, 0.05) is 17.9 Å². The molecule has 2 amide bonds. The lowest BCUT2D eigenvalue weighted by molar-refractivity contribution is -0.116. The maximum atomic E-state index is 12.4. The summed E-state index contributed by atoms with van der Waals surface area (Å²) in [5.41, 5.74) is 4.97. The molecule has 1 heterocycles. The molecule has 0 fully saturated rings. The monoisotopic (exact) mass is 437 g/mol. The van der Waals surface area contributed by atoms with Crippen LogP contribution in [0.4, 0.5) is 11.4 Å². The number of rotatable bonds is 8. The molecule has 0 bridgehead atoms. The van der Waals surface area contributed by atoms with Crippen molar-refractivity contribution in [2.24, 2.45) is 0 Å². The van der Waals surface area contributed by atoms with E-state index in [2.05, 4.69) is 20.8 Å². The summed E-state index contributed by atoms with van der Waals surface area (Å²) < 4.78 is 1.86. The van der Waals surface area contributed by atoms with E-state index >= 15 is 0 Å². The van der Waals surface area contributed by atoms with Gasteiger partial charge in [-0.05, 0) is 63.1 Å². The van der Waals surface area contributed by atoms with Gasteiger partial charge in [0.15, 0.2) is 5.16 Å². The van der Waals surface area contributed by atoms with E-state index in [9.17, 15) is 9.59 Å². The largest absolute Gasteiger partial charge is 0.326 e. The maximum Gasteiger partial charge on any atom is 0.234 e. The standard InChI is InChI=1S/C23H27N5O2S/c1-5-28-20(13-21(29)24-18-9-6-15(2)7-10-18)26-27-23(28)31-14-22(30)25-19-11-8-16(3)17(4)12-19/h6-12H,5,13-14H2,1-4H3,(H,24,29)(H,25,30). The van der Waals surface area contributed by atoms with Gasteiger partial charge < -0.3 is 15.2 Å². The second-order valence-electron chi connectivity index (χ2n) is 7.37. The van der Waals surface area contributed by atoms with Crippen LogP contribution in [0.5, 0.6) is 0 Å². The van der Waals surface area contributed by atoms with Crippen LogP contribution in [0.2, 0.25) is 0 Å². The van der Waals surface area contributed by atoms with Crippen LogP contribution < -0.4 is 10.6 Å². The van der Waals surface area contributed by atoms with Gasteiger partial charge in [-0.3, -0.25) is 9.59 Å². The molecule has 0 radical (unpaired) electrons. The van der Waals surface area contributed by atoms with Gasteiger partial charge in [-0.15, -0.1) is 10.2 Å². The normalized spacial score (nSPS) is 10.7. The molecule has 0 atom stereocenters. The number of hydrogen-bond donors (Lipinski definition) is 2. The average molecular weight is 438 g/mol. The molecule has 2 N–H and O–H groups in total. The highest BCUT2D eigenvalue weighted by atomic mass is 32.2. The number of aromatic nitrogens is 3. The molecule has 3 rings (SSSR count). The number of hydrogen-bond acceptors (Lipinski definition) is 5. The fraction of sp³-hybridized carbons (Fsp3) is 0.304. The van der Waals surface area contributed by atoms with E-state index in [-0.39, 0.29) is 24.0 Å². The zero-order valence-corrected chi connectivity index (χ0v) is 19.0. The average Bonchev–Trinajstić information content (AvgIpc) is 3.12. The molecular weight excluding hydrogens is 410 g/mol. The van der Waals surface area contributed by atoms with E-state index in [1.165, 1.54) is 17.3 Å². The number of anilines is 2. The van der Waals surface area contributed by atoms with E-state index in [0.29, 0.717) is 17.5 Å². The summed E-state index contributed by atoms with van der Waals surface area (Å²) in [6, 6.07) is 13.5. The Kier molecular flexibility index (Phi) is 7.46. The first-order valence-electron chi connectivity index (χ1n) is 10.1. The second-order valence-corrected chi connectivity index (χ2v) is 8.31. The Morgan fingerprint density at radius 1 is 0.903 bits per heavy atom. The lowest BCUT2D eigenvalue weighted by Gasteiger charge is -2.09. The highest BCUT2D eigenvalue weighted by Gasteiger charge is 2.16. The van der Waals surface area contributed by atoms with Gasteiger partial charge in [-0.2, -0.15) is 0 Å². The molecule has 31 heavy (non-hydrogen) atoms. The topological polar surface area (TPSA) is 88.9 Å². The summed E-state index contributed by atoms with van der Waals surface area (Å²) in [4.78, 5) is 24.7. The Hall–Kier alpha value is -3.13. The van der Waals surface area contributed by atoms with Crippen molar-refractivity contribution < 1.29 is 9.59 Å². The molecule has 7 nitrogen and oxygen atoms in total. The third kappa shape index (κ3) is 6.18. The molecule has 0 spiro atoms. The van der Waals surface area contributed by atoms with Gasteiger partial charge in [0.1, 0.15) is 5.82 Å². The first-order valence-corrected chi connectivity index (χ1v) is 11.1. The van der Waals surface area contributed by atoms with Crippen LogP contribution in [0.1, 0.15) is 29.4 Å². The lowest BCUT2D eigenvalue weighted by Crippen LogP contribution is -2.18. The summed E-state index contributed by atoms with van der Waals surface area (Å²) in [7, 11) is 0. The molecule has 1 aromatic heterocycles. The van der Waals surface area contributed by atoms with Crippen molar-refractivity contribution >= 4 is 35.0 Å². The van der Waals surface area contributed by atoms with Crippen molar-refractivity contribution in [3.63, 3.8) is 0 Å². The van der Waals surface area contributed by atoms with Crippen molar-refractivity contribution in [1.82, 2.24) is 14.8 Å². The van der Waals surface area contributed by atoms with Crippen LogP contribution in [0, 0.1) is 20.8 Å². The fourth-order valence-electron chi connectivity index (χ4n) is 3.01. The van der Waals surface area contributed by atoms with Gasteiger partial charge >= 0.3 is 0 Å². The molecular formula is C23H27N5O2S. The molecule has 0 aliphatic carbocycles. The zero-order valence-electron chi connectivity index (χ0n) is 18.2. The minimum absolute atomic E-state index is 0.113. The van der Waals surface area contributed by atoms with Crippen LogP contribution >= 0.6 is 11.8 Å². The SMILES string of the molecule is CCn1c(CC(=O)Nc2ccc(C)cc2)nnc1SCC(=O)Nc1ccc(C)c(C)c1. The van der Waals surface area contributed by atoms with E-state index in [0.717, 1.165) is 22.5 Å². The van der Waals surface area contributed by atoms with E-state index < -0.39 is 0 Å². The third-order valence-corrected chi connectivity index (χ3v) is 5.85. The smallest absolute Gasteiger partial charge is 0.234 e. The molecule has 2 aromatic carbocycles. The van der Waals surface area contributed by atoms with Crippen LogP contribution in [0.3, 0.4) is 0 Å². The molecule has 0 aliphatic rings.